The minimum atomic E-state index is 0.577. The molecule has 18 heavy (non-hydrogen) atoms. The molecule has 2 atom stereocenters. The van der Waals surface area contributed by atoms with Gasteiger partial charge in [-0.05, 0) is 37.0 Å². The third kappa shape index (κ3) is 1.60. The first-order valence-corrected chi connectivity index (χ1v) is 6.57. The summed E-state index contributed by atoms with van der Waals surface area (Å²) in [4.78, 5) is 4.77. The Morgan fingerprint density at radius 1 is 1.39 bits per heavy atom. The minimum absolute atomic E-state index is 0.577. The number of hydrogen-bond acceptors (Lipinski definition) is 2. The fourth-order valence-corrected chi connectivity index (χ4v) is 3.14. The second-order valence-electron chi connectivity index (χ2n) is 5.36. The van der Waals surface area contributed by atoms with Gasteiger partial charge in [-0.25, -0.2) is 4.98 Å². The summed E-state index contributed by atoms with van der Waals surface area (Å²) in [5, 5.41) is 8.97. The predicted molar refractivity (Wildman–Crippen MR) is 71.2 cm³/mol. The topological polar surface area (TPSA) is 41.6 Å². The molecule has 1 aliphatic rings. The molecule has 1 aromatic carbocycles. The molecular formula is C15H17N3. The largest absolute Gasteiger partial charge is 0.331 e. The van der Waals surface area contributed by atoms with Crippen LogP contribution in [0.4, 0.5) is 0 Å². The van der Waals surface area contributed by atoms with Gasteiger partial charge in [0.15, 0.2) is 0 Å². The average Bonchev–Trinajstić information content (AvgIpc) is 2.93. The Kier molecular flexibility index (Phi) is 2.59. The summed E-state index contributed by atoms with van der Waals surface area (Å²) in [6, 6.07) is 7.93. The molecule has 1 heterocycles. The molecule has 0 aliphatic heterocycles. The molecule has 2 aromatic rings. The maximum Gasteiger partial charge on any atom is 0.112 e. The van der Waals surface area contributed by atoms with E-state index >= 15 is 0 Å². The molecule has 1 aromatic heterocycles. The number of imidazole rings is 1. The van der Waals surface area contributed by atoms with Gasteiger partial charge >= 0.3 is 0 Å². The molecule has 3 nitrogen and oxygen atoms in total. The number of benzene rings is 1. The van der Waals surface area contributed by atoms with Crippen LogP contribution in [0, 0.1) is 17.2 Å². The van der Waals surface area contributed by atoms with Crippen molar-refractivity contribution >= 4 is 11.0 Å². The molecule has 2 unspecified atom stereocenters. The highest BCUT2D eigenvalue weighted by Crippen LogP contribution is 2.39. The minimum Gasteiger partial charge on any atom is -0.331 e. The van der Waals surface area contributed by atoms with Crippen molar-refractivity contribution in [1.29, 1.82) is 5.26 Å². The smallest absolute Gasteiger partial charge is 0.112 e. The van der Waals surface area contributed by atoms with Crippen LogP contribution in [0.5, 0.6) is 0 Å². The number of rotatable bonds is 1. The lowest BCUT2D eigenvalue weighted by Gasteiger charge is -2.14. The van der Waals surface area contributed by atoms with Crippen LogP contribution in [0.1, 0.15) is 43.5 Å². The molecule has 92 valence electrons. The van der Waals surface area contributed by atoms with Crippen LogP contribution in [0.3, 0.4) is 0 Å². The van der Waals surface area contributed by atoms with Gasteiger partial charge in [-0.15, -0.1) is 0 Å². The van der Waals surface area contributed by atoms with Crippen LogP contribution < -0.4 is 0 Å². The molecule has 1 aliphatic carbocycles. The van der Waals surface area contributed by atoms with E-state index in [1.807, 2.05) is 18.2 Å². The fraction of sp³-hybridized carbons (Fsp3) is 0.467. The lowest BCUT2D eigenvalue weighted by molar-refractivity contribution is 0.499. The van der Waals surface area contributed by atoms with E-state index in [4.69, 9.17) is 10.2 Å². The van der Waals surface area contributed by atoms with Gasteiger partial charge in [0, 0.05) is 13.0 Å². The van der Waals surface area contributed by atoms with Gasteiger partial charge in [0.1, 0.15) is 5.82 Å². The summed E-state index contributed by atoms with van der Waals surface area (Å²) in [6.07, 6.45) is 3.85. The molecule has 0 N–H and O–H groups in total. The van der Waals surface area contributed by atoms with Crippen LogP contribution in [-0.2, 0) is 7.05 Å². The van der Waals surface area contributed by atoms with Crippen molar-refractivity contribution in [3.63, 3.8) is 0 Å². The summed E-state index contributed by atoms with van der Waals surface area (Å²) in [5.74, 6) is 2.48. The number of nitriles is 1. The van der Waals surface area contributed by atoms with Crippen LogP contribution in [0.15, 0.2) is 18.2 Å². The van der Waals surface area contributed by atoms with Gasteiger partial charge in [0.25, 0.3) is 0 Å². The van der Waals surface area contributed by atoms with Crippen molar-refractivity contribution in [3.05, 3.63) is 29.6 Å². The first kappa shape index (κ1) is 11.3. The molecule has 1 saturated carbocycles. The molecule has 0 amide bonds. The quantitative estimate of drug-likeness (QED) is 0.765. The Balaban J connectivity index is 2.14. The Bertz CT molecular complexity index is 633. The van der Waals surface area contributed by atoms with Crippen molar-refractivity contribution in [1.82, 2.24) is 9.55 Å². The normalized spacial score (nSPS) is 23.4. The van der Waals surface area contributed by atoms with E-state index in [0.717, 1.165) is 17.0 Å². The fourth-order valence-electron chi connectivity index (χ4n) is 3.14. The average molecular weight is 239 g/mol. The second-order valence-corrected chi connectivity index (χ2v) is 5.36. The zero-order chi connectivity index (χ0) is 12.7. The summed E-state index contributed by atoms with van der Waals surface area (Å²) >= 11 is 0. The lowest BCUT2D eigenvalue weighted by atomic mass is 9.97. The zero-order valence-electron chi connectivity index (χ0n) is 10.8. The number of aromatic nitrogens is 2. The Hall–Kier alpha value is -1.82. The monoisotopic (exact) mass is 239 g/mol. The van der Waals surface area contributed by atoms with Crippen LogP contribution in [-0.4, -0.2) is 9.55 Å². The molecule has 0 radical (unpaired) electrons. The predicted octanol–water partition coefficient (Wildman–Crippen LogP) is 3.35. The van der Waals surface area contributed by atoms with Crippen LogP contribution >= 0.6 is 0 Å². The van der Waals surface area contributed by atoms with Crippen LogP contribution in [0.2, 0.25) is 0 Å². The third-order valence-electron chi connectivity index (χ3n) is 4.24. The SMILES string of the molecule is CC1CCCC1c1nc2ccc(C#N)cc2n1C. The standard InChI is InChI=1S/C15H17N3/c1-10-4-3-5-12(10)15-17-13-7-6-11(9-16)8-14(13)18(15)2/h6-8,10,12H,3-5H2,1-2H3. The van der Waals surface area contributed by atoms with E-state index in [1.54, 1.807) is 0 Å². The van der Waals surface area contributed by atoms with Crippen LogP contribution in [0.25, 0.3) is 11.0 Å². The maximum atomic E-state index is 8.97. The first-order valence-electron chi connectivity index (χ1n) is 6.57. The van der Waals surface area contributed by atoms with Crippen molar-refractivity contribution in [2.24, 2.45) is 13.0 Å². The number of fused-ring (bicyclic) bond motifs is 1. The highest BCUT2D eigenvalue weighted by molar-refractivity contribution is 5.77. The van der Waals surface area contributed by atoms with Crippen molar-refractivity contribution in [3.8, 4) is 6.07 Å². The Morgan fingerprint density at radius 2 is 2.22 bits per heavy atom. The van der Waals surface area contributed by atoms with E-state index in [9.17, 15) is 0 Å². The summed E-state index contributed by atoms with van der Waals surface area (Å²) in [7, 11) is 2.07. The van der Waals surface area contributed by atoms with E-state index in [0.29, 0.717) is 11.5 Å². The highest BCUT2D eigenvalue weighted by atomic mass is 15.1. The second kappa shape index (κ2) is 4.13. The third-order valence-corrected chi connectivity index (χ3v) is 4.24. The zero-order valence-corrected chi connectivity index (χ0v) is 10.8. The van der Waals surface area contributed by atoms with Crippen molar-refractivity contribution in [2.75, 3.05) is 0 Å². The lowest BCUT2D eigenvalue weighted by Crippen LogP contribution is -2.08. The molecule has 0 bridgehead atoms. The first-order chi connectivity index (χ1) is 8.70. The van der Waals surface area contributed by atoms with E-state index < -0.39 is 0 Å². The summed E-state index contributed by atoms with van der Waals surface area (Å²) in [5.41, 5.74) is 2.78. The van der Waals surface area contributed by atoms with E-state index in [-0.39, 0.29) is 0 Å². The van der Waals surface area contributed by atoms with Gasteiger partial charge in [-0.3, -0.25) is 0 Å². The van der Waals surface area contributed by atoms with Crippen molar-refractivity contribution < 1.29 is 0 Å². The van der Waals surface area contributed by atoms with Gasteiger partial charge in [0.2, 0.25) is 0 Å². The number of nitrogens with zero attached hydrogens (tertiary/aromatic N) is 3. The highest BCUT2D eigenvalue weighted by Gasteiger charge is 2.28. The van der Waals surface area contributed by atoms with E-state index in [2.05, 4.69) is 24.6 Å². The van der Waals surface area contributed by atoms with Gasteiger partial charge < -0.3 is 4.57 Å². The Morgan fingerprint density at radius 3 is 2.89 bits per heavy atom. The summed E-state index contributed by atoms with van der Waals surface area (Å²) < 4.78 is 2.17. The number of hydrogen-bond donors (Lipinski definition) is 0. The molecule has 0 saturated heterocycles. The summed E-state index contributed by atoms with van der Waals surface area (Å²) in [6.45, 7) is 2.32. The van der Waals surface area contributed by atoms with Gasteiger partial charge in [0.05, 0.1) is 22.7 Å². The molecule has 1 fully saturated rings. The van der Waals surface area contributed by atoms with Gasteiger partial charge in [-0.2, -0.15) is 5.26 Å². The maximum absolute atomic E-state index is 8.97. The molecule has 3 rings (SSSR count). The molecular weight excluding hydrogens is 222 g/mol. The van der Waals surface area contributed by atoms with E-state index in [1.165, 1.54) is 25.1 Å². The van der Waals surface area contributed by atoms with Gasteiger partial charge in [-0.1, -0.05) is 13.3 Å². The van der Waals surface area contributed by atoms with Crippen molar-refractivity contribution in [2.45, 2.75) is 32.1 Å². The number of aryl methyl sites for hydroxylation is 1. The Labute approximate surface area is 107 Å². The molecule has 3 heteroatoms. The molecule has 0 spiro atoms.